The molecule has 3 rings (SSSR count). The van der Waals surface area contributed by atoms with Crippen LogP contribution < -0.4 is 5.32 Å². The molecule has 1 amide bonds. The Morgan fingerprint density at radius 2 is 1.76 bits per heavy atom. The first-order valence-corrected chi connectivity index (χ1v) is 8.00. The number of amides is 1. The van der Waals surface area contributed by atoms with Crippen molar-refractivity contribution in [1.82, 2.24) is 5.32 Å². The summed E-state index contributed by atoms with van der Waals surface area (Å²) in [6.07, 6.45) is 7.70. The van der Waals surface area contributed by atoms with Crippen LogP contribution in [0.3, 0.4) is 0 Å². The van der Waals surface area contributed by atoms with Crippen molar-refractivity contribution in [2.75, 3.05) is 13.7 Å². The fourth-order valence-corrected chi connectivity index (χ4v) is 2.22. The second kappa shape index (κ2) is 9.37. The second-order valence-electron chi connectivity index (χ2n) is 5.39. The molecule has 1 aliphatic carbocycles. The van der Waals surface area contributed by atoms with Gasteiger partial charge in [-0.3, -0.25) is 9.59 Å². The van der Waals surface area contributed by atoms with Crippen LogP contribution >= 0.6 is 0 Å². The minimum absolute atomic E-state index is 0. The maximum atomic E-state index is 11.9. The lowest BCUT2D eigenvalue weighted by molar-refractivity contribution is -0.140. The molecular formula is C20H25N2O3. The van der Waals surface area contributed by atoms with Gasteiger partial charge in [0.05, 0.1) is 19.2 Å². The van der Waals surface area contributed by atoms with E-state index >= 15 is 0 Å². The van der Waals surface area contributed by atoms with Crippen LogP contribution in [0.2, 0.25) is 0 Å². The molecule has 1 aromatic rings. The molecule has 0 fully saturated rings. The van der Waals surface area contributed by atoms with Crippen molar-refractivity contribution >= 4 is 17.6 Å². The topological polar surface area (TPSA) is 67.8 Å². The average molecular weight is 341 g/mol. The van der Waals surface area contributed by atoms with E-state index in [0.717, 1.165) is 16.9 Å². The molecule has 5 heteroatoms. The fourth-order valence-electron chi connectivity index (χ4n) is 2.22. The molecule has 1 aliphatic heterocycles. The maximum Gasteiger partial charge on any atom is 0.307 e. The Labute approximate surface area is 150 Å². The van der Waals surface area contributed by atoms with E-state index in [0.29, 0.717) is 5.70 Å². The fraction of sp³-hybridized carbons (Fsp3) is 0.200. The van der Waals surface area contributed by atoms with E-state index in [1.807, 2.05) is 61.9 Å². The molecule has 0 saturated heterocycles. The van der Waals surface area contributed by atoms with Crippen molar-refractivity contribution in [3.05, 3.63) is 77.9 Å². The highest BCUT2D eigenvalue weighted by atomic mass is 16.5. The highest BCUT2D eigenvalue weighted by Gasteiger charge is 2.21. The van der Waals surface area contributed by atoms with E-state index in [2.05, 4.69) is 15.0 Å². The van der Waals surface area contributed by atoms with E-state index in [4.69, 9.17) is 0 Å². The van der Waals surface area contributed by atoms with Crippen LogP contribution in [0.4, 0.5) is 0 Å². The van der Waals surface area contributed by atoms with Gasteiger partial charge in [-0.15, -0.1) is 0 Å². The summed E-state index contributed by atoms with van der Waals surface area (Å²) in [4.78, 5) is 27.1. The van der Waals surface area contributed by atoms with Gasteiger partial charge in [-0.1, -0.05) is 48.6 Å². The molecule has 1 N–H and O–H groups in total. The van der Waals surface area contributed by atoms with Gasteiger partial charge < -0.3 is 10.1 Å². The van der Waals surface area contributed by atoms with E-state index in [9.17, 15) is 9.59 Å². The molecule has 5 nitrogen and oxygen atoms in total. The molecule has 1 aromatic carbocycles. The molecule has 0 atom stereocenters. The second-order valence-corrected chi connectivity index (χ2v) is 5.39. The number of benzene rings is 1. The molecule has 1 heterocycles. The number of carbonyl (C=O) groups excluding carboxylic acids is 2. The minimum Gasteiger partial charge on any atom is -0.469 e. The first-order valence-electron chi connectivity index (χ1n) is 8.00. The molecule has 0 spiro atoms. The highest BCUT2D eigenvalue weighted by molar-refractivity contribution is 6.20. The summed E-state index contributed by atoms with van der Waals surface area (Å²) < 4.78 is 4.50. The third-order valence-electron chi connectivity index (χ3n) is 3.54. The van der Waals surface area contributed by atoms with Gasteiger partial charge >= 0.3 is 5.97 Å². The normalized spacial score (nSPS) is 14.6. The number of hydrogen-bond acceptors (Lipinski definition) is 4. The number of rotatable bonds is 4. The summed E-state index contributed by atoms with van der Waals surface area (Å²) in [5.41, 5.74) is 3.18. The number of nitrogens with zero attached hydrogens (tertiary/aromatic N) is 1. The van der Waals surface area contributed by atoms with Gasteiger partial charge in [0.25, 0.3) is 5.91 Å². The molecule has 0 aromatic heterocycles. The quantitative estimate of drug-likeness (QED) is 0.855. The number of fused-ring (bicyclic) bond motifs is 1. The highest BCUT2D eigenvalue weighted by Crippen LogP contribution is 2.24. The molecule has 25 heavy (non-hydrogen) atoms. The molecular weight excluding hydrogens is 316 g/mol. The van der Waals surface area contributed by atoms with Crippen LogP contribution in [0, 0.1) is 6.42 Å². The lowest BCUT2D eigenvalue weighted by Crippen LogP contribution is -2.26. The largest absolute Gasteiger partial charge is 0.469 e. The van der Waals surface area contributed by atoms with Crippen molar-refractivity contribution in [3.8, 4) is 0 Å². The monoisotopic (exact) mass is 341 g/mol. The average Bonchev–Trinajstić information content (AvgIpc) is 3.09. The van der Waals surface area contributed by atoms with Gasteiger partial charge in [-0.05, 0) is 24.1 Å². The van der Waals surface area contributed by atoms with Crippen LogP contribution in [-0.4, -0.2) is 31.2 Å². The number of nitrogens with one attached hydrogen (secondary N) is 1. The lowest BCUT2D eigenvalue weighted by atomic mass is 9.98. The number of carbonyl (C=O) groups is 2. The standard InChI is InChI=1S/C14H15N2O3.C6H6.2H2/c1-9-4-3-5-10-8-11(16-13(9)10)14(18)15-7-6-12(17)19-2;1-2-4-6-5-3-1;;/h3-5,8H,6-7H2,1-2H3,(H,15,18);1-6H;2*1H. The summed E-state index contributed by atoms with van der Waals surface area (Å²) in [5, 5.41) is 2.64. The Balaban J connectivity index is 0.000000724. The van der Waals surface area contributed by atoms with E-state index in [1.54, 1.807) is 6.08 Å². The van der Waals surface area contributed by atoms with Crippen molar-refractivity contribution in [2.45, 2.75) is 13.3 Å². The number of hydrogen-bond donors (Lipinski definition) is 1. The van der Waals surface area contributed by atoms with Crippen molar-refractivity contribution in [2.24, 2.45) is 4.99 Å². The van der Waals surface area contributed by atoms with Crippen LogP contribution in [0.15, 0.2) is 76.5 Å². The summed E-state index contributed by atoms with van der Waals surface area (Å²) in [7, 11) is 1.32. The number of aliphatic imine (C=N–C) groups is 1. The Morgan fingerprint density at radius 3 is 2.32 bits per heavy atom. The SMILES string of the molecule is COC(=O)CCNC(=O)C1=CC2=C[CH]C=C(C)C2=N1.[HH].[HH].c1ccccc1. The number of esters is 1. The molecule has 1 radical (unpaired) electrons. The third kappa shape index (κ3) is 5.57. The zero-order valence-electron chi connectivity index (χ0n) is 14.4. The lowest BCUT2D eigenvalue weighted by Gasteiger charge is -2.07. The maximum absolute atomic E-state index is 11.9. The Kier molecular flexibility index (Phi) is 6.89. The van der Waals surface area contributed by atoms with Crippen molar-refractivity contribution < 1.29 is 17.2 Å². The third-order valence-corrected chi connectivity index (χ3v) is 3.54. The number of methoxy groups -OCH3 is 1. The molecule has 2 aliphatic rings. The van der Waals surface area contributed by atoms with Gasteiger partial charge in [0.1, 0.15) is 5.70 Å². The predicted octanol–water partition coefficient (Wildman–Crippen LogP) is 3.27. The minimum atomic E-state index is -0.350. The summed E-state index contributed by atoms with van der Waals surface area (Å²) >= 11 is 0. The molecule has 133 valence electrons. The Bertz CT molecular complexity index is 727. The van der Waals surface area contributed by atoms with Crippen LogP contribution in [0.25, 0.3) is 0 Å². The van der Waals surface area contributed by atoms with Crippen molar-refractivity contribution in [3.63, 3.8) is 0 Å². The molecule has 0 bridgehead atoms. The number of ether oxygens (including phenoxy) is 1. The van der Waals surface area contributed by atoms with Gasteiger partial charge in [-0.2, -0.15) is 0 Å². The molecule has 0 saturated carbocycles. The van der Waals surface area contributed by atoms with Gasteiger partial charge in [0, 0.05) is 15.8 Å². The first-order chi connectivity index (χ1) is 12.1. The number of allylic oxidation sites excluding steroid dienone is 5. The van der Waals surface area contributed by atoms with Gasteiger partial charge in [0.15, 0.2) is 0 Å². The first kappa shape index (κ1) is 18.4. The molecule has 0 unspecified atom stereocenters. The van der Waals surface area contributed by atoms with Gasteiger partial charge in [-0.25, -0.2) is 4.99 Å². The summed E-state index contributed by atoms with van der Waals surface area (Å²) in [5.74, 6) is -0.628. The predicted molar refractivity (Wildman–Crippen MR) is 102 cm³/mol. The Morgan fingerprint density at radius 1 is 1.12 bits per heavy atom. The Hall–Kier alpha value is -2.95. The van der Waals surface area contributed by atoms with Gasteiger partial charge in [0.2, 0.25) is 0 Å². The van der Waals surface area contributed by atoms with Crippen LogP contribution in [0.1, 0.15) is 16.2 Å². The van der Waals surface area contributed by atoms with E-state index < -0.39 is 0 Å². The van der Waals surface area contributed by atoms with Crippen LogP contribution in [0.5, 0.6) is 0 Å². The van der Waals surface area contributed by atoms with Crippen molar-refractivity contribution in [1.29, 1.82) is 0 Å². The zero-order chi connectivity index (χ0) is 18.1. The summed E-state index contributed by atoms with van der Waals surface area (Å²) in [6.45, 7) is 2.20. The van der Waals surface area contributed by atoms with E-state index in [1.165, 1.54) is 7.11 Å². The summed E-state index contributed by atoms with van der Waals surface area (Å²) in [6, 6.07) is 12.0. The zero-order valence-corrected chi connectivity index (χ0v) is 14.4. The van der Waals surface area contributed by atoms with Crippen LogP contribution in [-0.2, 0) is 14.3 Å². The van der Waals surface area contributed by atoms with E-state index in [-0.39, 0.29) is 27.7 Å². The smallest absolute Gasteiger partial charge is 0.307 e.